The van der Waals surface area contributed by atoms with Crippen molar-refractivity contribution in [1.29, 1.82) is 0 Å². The summed E-state index contributed by atoms with van der Waals surface area (Å²) in [5.41, 5.74) is 4.01. The van der Waals surface area contributed by atoms with Crippen molar-refractivity contribution < 1.29 is 27.1 Å². The normalized spacial score (nSPS) is 15.8. The van der Waals surface area contributed by atoms with Crippen LogP contribution >= 0.6 is 15.9 Å². The SMILES string of the molecule is N[C@H](c1c(F)cc(Br)cc1F)[C@@H](O)C(F)(F)F. The highest BCUT2D eigenvalue weighted by Crippen LogP contribution is 2.32. The number of rotatable bonds is 2. The number of hydrogen-bond donors (Lipinski definition) is 2. The highest BCUT2D eigenvalue weighted by Gasteiger charge is 2.44. The minimum Gasteiger partial charge on any atom is -0.382 e. The maximum absolute atomic E-state index is 13.3. The van der Waals surface area contributed by atoms with E-state index in [4.69, 9.17) is 10.8 Å². The quantitative estimate of drug-likeness (QED) is 0.823. The molecule has 3 N–H and O–H groups in total. The number of halogens is 6. The lowest BCUT2D eigenvalue weighted by molar-refractivity contribution is -0.210. The van der Waals surface area contributed by atoms with Gasteiger partial charge in [0.1, 0.15) is 11.6 Å². The van der Waals surface area contributed by atoms with Crippen molar-refractivity contribution in [2.24, 2.45) is 5.73 Å². The molecule has 1 aromatic rings. The second-order valence-corrected chi connectivity index (χ2v) is 4.21. The van der Waals surface area contributed by atoms with E-state index in [9.17, 15) is 22.0 Å². The van der Waals surface area contributed by atoms with Crippen LogP contribution in [0.2, 0.25) is 0 Å². The van der Waals surface area contributed by atoms with Crippen molar-refractivity contribution >= 4 is 15.9 Å². The van der Waals surface area contributed by atoms with Crippen LogP contribution in [-0.4, -0.2) is 17.4 Å². The fourth-order valence-corrected chi connectivity index (χ4v) is 1.64. The van der Waals surface area contributed by atoms with E-state index in [0.29, 0.717) is 0 Å². The van der Waals surface area contributed by atoms with Gasteiger partial charge in [-0.15, -0.1) is 0 Å². The van der Waals surface area contributed by atoms with E-state index < -0.39 is 35.5 Å². The van der Waals surface area contributed by atoms with Crippen molar-refractivity contribution in [2.45, 2.75) is 18.3 Å². The zero-order valence-electron chi connectivity index (χ0n) is 8.10. The average molecular weight is 320 g/mol. The van der Waals surface area contributed by atoms with E-state index in [1.54, 1.807) is 0 Å². The van der Waals surface area contributed by atoms with E-state index in [1.165, 1.54) is 0 Å². The summed E-state index contributed by atoms with van der Waals surface area (Å²) in [6.45, 7) is 0. The van der Waals surface area contributed by atoms with E-state index in [1.807, 2.05) is 0 Å². The van der Waals surface area contributed by atoms with Gasteiger partial charge in [-0.1, -0.05) is 15.9 Å². The van der Waals surface area contributed by atoms with E-state index in [-0.39, 0.29) is 4.47 Å². The number of hydrogen-bond acceptors (Lipinski definition) is 2. The first-order valence-electron chi connectivity index (χ1n) is 4.29. The van der Waals surface area contributed by atoms with Crippen molar-refractivity contribution in [2.75, 3.05) is 0 Å². The number of aliphatic hydroxyl groups excluding tert-OH is 1. The zero-order chi connectivity index (χ0) is 13.4. The molecule has 0 aliphatic rings. The molecule has 96 valence electrons. The van der Waals surface area contributed by atoms with Crippen molar-refractivity contribution in [1.82, 2.24) is 0 Å². The Morgan fingerprint density at radius 3 is 1.94 bits per heavy atom. The van der Waals surface area contributed by atoms with Crippen LogP contribution < -0.4 is 5.73 Å². The van der Waals surface area contributed by atoms with Gasteiger partial charge in [0.15, 0.2) is 6.10 Å². The Labute approximate surface area is 101 Å². The van der Waals surface area contributed by atoms with Crippen LogP contribution in [0.5, 0.6) is 0 Å². The summed E-state index contributed by atoms with van der Waals surface area (Å²) in [5, 5.41) is 8.83. The summed E-state index contributed by atoms with van der Waals surface area (Å²) in [4.78, 5) is 0. The third kappa shape index (κ3) is 3.14. The Morgan fingerprint density at radius 2 is 1.59 bits per heavy atom. The lowest BCUT2D eigenvalue weighted by Crippen LogP contribution is -2.39. The molecule has 17 heavy (non-hydrogen) atoms. The van der Waals surface area contributed by atoms with Gasteiger partial charge >= 0.3 is 6.18 Å². The standard InChI is InChI=1S/C9H7BrF5NO/c10-3-1-4(11)6(5(12)2-3)7(16)8(17)9(13,14)15/h1-2,7-8,17H,16H2/t7-,8-/m1/s1. The topological polar surface area (TPSA) is 46.2 Å². The van der Waals surface area contributed by atoms with Gasteiger partial charge in [-0.25, -0.2) is 8.78 Å². The maximum Gasteiger partial charge on any atom is 0.416 e. The van der Waals surface area contributed by atoms with Crippen LogP contribution in [0.3, 0.4) is 0 Å². The molecule has 0 spiro atoms. The summed E-state index contributed by atoms with van der Waals surface area (Å²) in [5.74, 6) is -2.51. The van der Waals surface area contributed by atoms with Gasteiger partial charge < -0.3 is 10.8 Å². The van der Waals surface area contributed by atoms with Gasteiger partial charge in [0.2, 0.25) is 0 Å². The molecule has 1 rings (SSSR count). The van der Waals surface area contributed by atoms with Crippen molar-refractivity contribution in [3.05, 3.63) is 33.8 Å². The molecule has 2 atom stereocenters. The Hall–Kier alpha value is -0.730. The molecule has 0 bridgehead atoms. The van der Waals surface area contributed by atoms with Crippen LogP contribution in [-0.2, 0) is 0 Å². The highest BCUT2D eigenvalue weighted by molar-refractivity contribution is 9.10. The molecule has 8 heteroatoms. The summed E-state index contributed by atoms with van der Waals surface area (Å²) < 4.78 is 63.0. The fraction of sp³-hybridized carbons (Fsp3) is 0.333. The monoisotopic (exact) mass is 319 g/mol. The summed E-state index contributed by atoms with van der Waals surface area (Å²) >= 11 is 2.77. The average Bonchev–Trinajstić information content (AvgIpc) is 2.13. The van der Waals surface area contributed by atoms with Gasteiger partial charge in [-0.05, 0) is 12.1 Å². The van der Waals surface area contributed by atoms with Gasteiger partial charge in [0, 0.05) is 10.0 Å². The summed E-state index contributed by atoms with van der Waals surface area (Å²) in [7, 11) is 0. The van der Waals surface area contributed by atoms with Crippen molar-refractivity contribution in [3.8, 4) is 0 Å². The molecule has 2 nitrogen and oxygen atoms in total. The van der Waals surface area contributed by atoms with Crippen LogP contribution in [0.4, 0.5) is 22.0 Å². The summed E-state index contributed by atoms with van der Waals surface area (Å²) in [6.07, 6.45) is -8.08. The smallest absolute Gasteiger partial charge is 0.382 e. The molecule has 1 aromatic carbocycles. The Kier molecular flexibility index (Phi) is 4.11. The van der Waals surface area contributed by atoms with Crippen molar-refractivity contribution in [3.63, 3.8) is 0 Å². The first kappa shape index (κ1) is 14.3. The van der Waals surface area contributed by atoms with Gasteiger partial charge in [0.05, 0.1) is 6.04 Å². The fourth-order valence-electron chi connectivity index (χ4n) is 1.23. The van der Waals surface area contributed by atoms with Gasteiger partial charge in [-0.3, -0.25) is 0 Å². The molecule has 0 fully saturated rings. The Morgan fingerprint density at radius 1 is 1.18 bits per heavy atom. The number of alkyl halides is 3. The molecule has 0 saturated carbocycles. The molecular formula is C9H7BrF5NO. The molecule has 0 amide bonds. The maximum atomic E-state index is 13.3. The van der Waals surface area contributed by atoms with E-state index in [0.717, 1.165) is 12.1 Å². The van der Waals surface area contributed by atoms with Gasteiger partial charge in [0.25, 0.3) is 0 Å². The first-order valence-corrected chi connectivity index (χ1v) is 5.08. The number of nitrogens with two attached hydrogens (primary N) is 1. The van der Waals surface area contributed by atoms with E-state index >= 15 is 0 Å². The number of benzene rings is 1. The largest absolute Gasteiger partial charge is 0.416 e. The minimum atomic E-state index is -5.05. The molecule has 0 heterocycles. The molecule has 0 aliphatic carbocycles. The minimum absolute atomic E-state index is 0.0185. The number of aliphatic hydroxyl groups is 1. The lowest BCUT2D eigenvalue weighted by atomic mass is 10.0. The molecular weight excluding hydrogens is 313 g/mol. The van der Waals surface area contributed by atoms with E-state index in [2.05, 4.69) is 15.9 Å². The zero-order valence-corrected chi connectivity index (χ0v) is 9.69. The predicted molar refractivity (Wildman–Crippen MR) is 53.0 cm³/mol. The summed E-state index contributed by atoms with van der Waals surface area (Å²) in [6, 6.07) is -0.689. The Bertz CT molecular complexity index is 399. The van der Waals surface area contributed by atoms with Crippen LogP contribution in [0.25, 0.3) is 0 Å². The second kappa shape index (κ2) is 4.87. The predicted octanol–water partition coefficient (Wildman–Crippen LogP) is 2.65. The molecule has 0 unspecified atom stereocenters. The third-order valence-corrected chi connectivity index (χ3v) is 2.51. The van der Waals surface area contributed by atoms with Crippen LogP contribution in [0, 0.1) is 11.6 Å². The molecule has 0 saturated heterocycles. The van der Waals surface area contributed by atoms with Crippen LogP contribution in [0.1, 0.15) is 11.6 Å². The highest BCUT2D eigenvalue weighted by atomic mass is 79.9. The molecule has 0 aromatic heterocycles. The van der Waals surface area contributed by atoms with Crippen LogP contribution in [0.15, 0.2) is 16.6 Å². The molecule has 0 aliphatic heterocycles. The van der Waals surface area contributed by atoms with Gasteiger partial charge in [-0.2, -0.15) is 13.2 Å². The Balaban J connectivity index is 3.17. The third-order valence-electron chi connectivity index (χ3n) is 2.05. The lowest BCUT2D eigenvalue weighted by Gasteiger charge is -2.22. The molecule has 0 radical (unpaired) electrons. The first-order chi connectivity index (χ1) is 7.64. The second-order valence-electron chi connectivity index (χ2n) is 3.30.